The molecule has 0 fully saturated rings. The molecular weight excluding hydrogens is 500 g/mol. The lowest BCUT2D eigenvalue weighted by molar-refractivity contribution is 0.491. The van der Waals surface area contributed by atoms with Gasteiger partial charge in [-0.2, -0.15) is 0 Å². The van der Waals surface area contributed by atoms with Crippen molar-refractivity contribution in [2.24, 2.45) is 0 Å². The van der Waals surface area contributed by atoms with Gasteiger partial charge in [0.2, 0.25) is 10.0 Å². The number of sulfonamides is 1. The normalized spacial score (nSPS) is 12.2. The molecule has 0 unspecified atom stereocenters. The van der Waals surface area contributed by atoms with E-state index in [4.69, 9.17) is 0 Å². The molecular formula is C25H25BrN4O2S. The van der Waals surface area contributed by atoms with E-state index in [9.17, 15) is 8.42 Å². The molecule has 0 radical (unpaired) electrons. The molecule has 0 amide bonds. The lowest BCUT2D eigenvalue weighted by Crippen LogP contribution is -2.40. The number of rotatable bonds is 5. The van der Waals surface area contributed by atoms with Crippen molar-refractivity contribution >= 4 is 48.2 Å². The van der Waals surface area contributed by atoms with E-state index < -0.39 is 15.6 Å². The molecule has 170 valence electrons. The van der Waals surface area contributed by atoms with Crippen LogP contribution in [0.3, 0.4) is 0 Å². The summed E-state index contributed by atoms with van der Waals surface area (Å²) in [4.78, 5) is 0.233. The lowest BCUT2D eigenvalue weighted by atomic mass is 10.0. The van der Waals surface area contributed by atoms with E-state index in [-0.39, 0.29) is 4.90 Å². The van der Waals surface area contributed by atoms with Crippen LogP contribution >= 0.6 is 15.9 Å². The Morgan fingerprint density at radius 3 is 2.30 bits per heavy atom. The van der Waals surface area contributed by atoms with Crippen LogP contribution in [0.4, 0.5) is 11.5 Å². The van der Waals surface area contributed by atoms with Gasteiger partial charge in [0.05, 0.1) is 4.90 Å². The topological polar surface area (TPSA) is 84.0 Å². The van der Waals surface area contributed by atoms with Crippen LogP contribution in [0.2, 0.25) is 0 Å². The van der Waals surface area contributed by atoms with Crippen LogP contribution in [0.1, 0.15) is 26.3 Å². The van der Waals surface area contributed by atoms with E-state index in [1.165, 1.54) is 0 Å². The fourth-order valence-electron chi connectivity index (χ4n) is 3.61. The highest BCUT2D eigenvalue weighted by Gasteiger charge is 2.24. The molecule has 33 heavy (non-hydrogen) atoms. The molecule has 2 N–H and O–H groups in total. The molecule has 0 bridgehead atoms. The van der Waals surface area contributed by atoms with Crippen molar-refractivity contribution in [2.75, 3.05) is 5.32 Å². The molecule has 3 aromatic carbocycles. The van der Waals surface area contributed by atoms with Gasteiger partial charge in [-0.25, -0.2) is 13.1 Å². The molecule has 0 spiro atoms. The van der Waals surface area contributed by atoms with Crippen molar-refractivity contribution in [2.45, 2.75) is 38.1 Å². The Bertz CT molecular complexity index is 1450. The smallest absolute Gasteiger partial charge is 0.241 e. The van der Waals surface area contributed by atoms with Gasteiger partial charge in [-0.1, -0.05) is 58.4 Å². The van der Waals surface area contributed by atoms with Crippen LogP contribution in [0.25, 0.3) is 22.0 Å². The summed E-state index contributed by atoms with van der Waals surface area (Å²) in [5.74, 6) is 0.627. The summed E-state index contributed by atoms with van der Waals surface area (Å²) >= 11 is 3.48. The van der Waals surface area contributed by atoms with Crippen molar-refractivity contribution in [1.82, 2.24) is 14.9 Å². The maximum absolute atomic E-state index is 13.0. The van der Waals surface area contributed by atoms with E-state index in [0.29, 0.717) is 22.6 Å². The minimum atomic E-state index is -3.70. The van der Waals surface area contributed by atoms with Crippen LogP contribution < -0.4 is 10.0 Å². The molecule has 4 aromatic rings. The van der Waals surface area contributed by atoms with Gasteiger partial charge in [0.25, 0.3) is 0 Å². The minimum Gasteiger partial charge on any atom is -0.338 e. The van der Waals surface area contributed by atoms with E-state index in [0.717, 1.165) is 20.9 Å². The van der Waals surface area contributed by atoms with E-state index in [1.807, 2.05) is 75.4 Å². The number of nitrogens with zero attached hydrogens (tertiary/aromatic N) is 2. The Balaban J connectivity index is 1.82. The number of aromatic nitrogens is 2. The second kappa shape index (κ2) is 8.85. The zero-order chi connectivity index (χ0) is 23.8. The van der Waals surface area contributed by atoms with Gasteiger partial charge >= 0.3 is 0 Å². The molecule has 1 aromatic heterocycles. The van der Waals surface area contributed by atoms with Crippen LogP contribution in [-0.2, 0) is 10.0 Å². The highest BCUT2D eigenvalue weighted by atomic mass is 79.9. The van der Waals surface area contributed by atoms with Crippen LogP contribution in [0.5, 0.6) is 0 Å². The van der Waals surface area contributed by atoms with Crippen LogP contribution in [0.15, 0.2) is 76.1 Å². The fraction of sp³-hybridized carbons (Fsp3) is 0.200. The molecule has 0 saturated carbocycles. The maximum atomic E-state index is 13.0. The highest BCUT2D eigenvalue weighted by Crippen LogP contribution is 2.33. The molecule has 1 heterocycles. The van der Waals surface area contributed by atoms with Gasteiger partial charge < -0.3 is 5.32 Å². The standard InChI is InChI=1S/C25H25BrN4O2S/c1-16-12-13-17(14-22(16)33(31,32)30-25(2,3)4)23-20-10-5-6-11-21(20)24(29-28-23)27-19-9-7-8-18(26)15-19/h5-15,30H,1-4H3,(H,27,29). The number of anilines is 2. The molecule has 4 rings (SSSR count). The van der Waals surface area contributed by atoms with Gasteiger partial charge in [-0.3, -0.25) is 0 Å². The largest absolute Gasteiger partial charge is 0.338 e. The molecule has 8 heteroatoms. The molecule has 0 atom stereocenters. The quantitative estimate of drug-likeness (QED) is 0.325. The number of nitrogens with one attached hydrogen (secondary N) is 2. The first-order valence-electron chi connectivity index (χ1n) is 10.5. The Hall–Kier alpha value is -2.81. The van der Waals surface area contributed by atoms with E-state index in [1.54, 1.807) is 19.1 Å². The molecule has 6 nitrogen and oxygen atoms in total. The first kappa shape index (κ1) is 23.4. The number of benzene rings is 3. The number of hydrogen-bond donors (Lipinski definition) is 2. The van der Waals surface area contributed by atoms with Gasteiger partial charge in [0, 0.05) is 32.0 Å². The van der Waals surface area contributed by atoms with Gasteiger partial charge in [0.15, 0.2) is 5.82 Å². The molecule has 0 aliphatic carbocycles. The number of halogens is 1. The third kappa shape index (κ3) is 5.24. The Morgan fingerprint density at radius 1 is 0.879 bits per heavy atom. The lowest BCUT2D eigenvalue weighted by Gasteiger charge is -2.21. The number of aryl methyl sites for hydroxylation is 1. The molecule has 0 saturated heterocycles. The minimum absolute atomic E-state index is 0.233. The van der Waals surface area contributed by atoms with Crippen molar-refractivity contribution in [3.05, 3.63) is 76.8 Å². The Labute approximate surface area is 202 Å². The monoisotopic (exact) mass is 524 g/mol. The fourth-order valence-corrected chi connectivity index (χ4v) is 5.70. The van der Waals surface area contributed by atoms with Gasteiger partial charge in [0.1, 0.15) is 5.69 Å². The Kier molecular flexibility index (Phi) is 6.26. The van der Waals surface area contributed by atoms with Crippen molar-refractivity contribution < 1.29 is 8.42 Å². The molecule has 0 aliphatic heterocycles. The van der Waals surface area contributed by atoms with Crippen LogP contribution in [-0.4, -0.2) is 24.2 Å². The third-order valence-electron chi connectivity index (χ3n) is 4.97. The zero-order valence-corrected chi connectivity index (χ0v) is 21.3. The average molecular weight is 525 g/mol. The SMILES string of the molecule is Cc1ccc(-c2nnc(Nc3cccc(Br)c3)c3ccccc23)cc1S(=O)(=O)NC(C)(C)C. The zero-order valence-electron chi connectivity index (χ0n) is 18.8. The maximum Gasteiger partial charge on any atom is 0.241 e. The first-order valence-corrected chi connectivity index (χ1v) is 12.7. The van der Waals surface area contributed by atoms with Gasteiger partial charge in [-0.15, -0.1) is 10.2 Å². The summed E-state index contributed by atoms with van der Waals surface area (Å²) in [7, 11) is -3.70. The highest BCUT2D eigenvalue weighted by molar-refractivity contribution is 9.10. The Morgan fingerprint density at radius 2 is 1.61 bits per heavy atom. The van der Waals surface area contributed by atoms with Gasteiger partial charge in [-0.05, 0) is 57.5 Å². The van der Waals surface area contributed by atoms with Crippen molar-refractivity contribution in [1.29, 1.82) is 0 Å². The predicted octanol–water partition coefficient (Wildman–Crippen LogP) is 6.19. The summed E-state index contributed by atoms with van der Waals surface area (Å²) in [6, 6.07) is 21.0. The summed E-state index contributed by atoms with van der Waals surface area (Å²) in [6.07, 6.45) is 0. The summed E-state index contributed by atoms with van der Waals surface area (Å²) in [5.41, 5.74) is 2.27. The predicted molar refractivity (Wildman–Crippen MR) is 137 cm³/mol. The first-order chi connectivity index (χ1) is 15.5. The summed E-state index contributed by atoms with van der Waals surface area (Å²) in [5, 5.41) is 14.0. The second-order valence-corrected chi connectivity index (χ2v) is 11.5. The van der Waals surface area contributed by atoms with Crippen molar-refractivity contribution in [3.8, 4) is 11.3 Å². The van der Waals surface area contributed by atoms with Crippen LogP contribution in [0, 0.1) is 6.92 Å². The number of hydrogen-bond acceptors (Lipinski definition) is 5. The molecule has 0 aliphatic rings. The second-order valence-electron chi connectivity index (χ2n) is 8.91. The van der Waals surface area contributed by atoms with E-state index >= 15 is 0 Å². The average Bonchev–Trinajstić information content (AvgIpc) is 2.73. The van der Waals surface area contributed by atoms with Crippen molar-refractivity contribution in [3.63, 3.8) is 0 Å². The summed E-state index contributed by atoms with van der Waals surface area (Å²) in [6.45, 7) is 7.24. The third-order valence-corrected chi connectivity index (χ3v) is 7.36. The summed E-state index contributed by atoms with van der Waals surface area (Å²) < 4.78 is 29.8. The van der Waals surface area contributed by atoms with E-state index in [2.05, 4.69) is 36.2 Å². The number of fused-ring (bicyclic) bond motifs is 1.